The van der Waals surface area contributed by atoms with Gasteiger partial charge in [-0.1, -0.05) is 30.3 Å². The summed E-state index contributed by atoms with van der Waals surface area (Å²) in [5, 5.41) is 10.8. The lowest BCUT2D eigenvalue weighted by Gasteiger charge is -2.22. The minimum absolute atomic E-state index is 0.0297. The Labute approximate surface area is 144 Å². The van der Waals surface area contributed by atoms with Crippen molar-refractivity contribution < 1.29 is 4.79 Å². The fraction of sp³-hybridized carbons (Fsp3) is 0.474. The minimum atomic E-state index is 0.0297. The molecule has 0 radical (unpaired) electrons. The van der Waals surface area contributed by atoms with Gasteiger partial charge in [0.15, 0.2) is 0 Å². The molecule has 24 heavy (non-hydrogen) atoms. The van der Waals surface area contributed by atoms with Crippen LogP contribution in [0.3, 0.4) is 0 Å². The quantitative estimate of drug-likeness (QED) is 0.783. The Kier molecular flexibility index (Phi) is 6.55. The van der Waals surface area contributed by atoms with Gasteiger partial charge in [0, 0.05) is 25.2 Å². The van der Waals surface area contributed by atoms with Crippen molar-refractivity contribution in [2.75, 3.05) is 6.54 Å². The van der Waals surface area contributed by atoms with Crippen LogP contribution in [0.2, 0.25) is 0 Å². The molecule has 1 aromatic carbocycles. The molecule has 0 aliphatic heterocycles. The van der Waals surface area contributed by atoms with Crippen LogP contribution in [0.1, 0.15) is 50.4 Å². The van der Waals surface area contributed by atoms with Crippen LogP contribution in [-0.2, 0) is 4.79 Å². The van der Waals surface area contributed by atoms with Crippen molar-refractivity contribution in [3.63, 3.8) is 0 Å². The minimum Gasteiger partial charge on any atom is -0.350 e. The number of aryl methyl sites for hydroxylation is 1. The van der Waals surface area contributed by atoms with E-state index in [4.69, 9.17) is 0 Å². The Morgan fingerprint density at radius 2 is 1.92 bits per heavy atom. The normalized spacial score (nSPS) is 14.8. The summed E-state index contributed by atoms with van der Waals surface area (Å²) in [6.07, 6.45) is 4.37. The highest BCUT2D eigenvalue weighted by molar-refractivity contribution is 5.76. The van der Waals surface area contributed by atoms with Crippen LogP contribution < -0.4 is 10.6 Å². The van der Waals surface area contributed by atoms with Crippen molar-refractivity contribution in [2.45, 2.75) is 52.2 Å². The van der Waals surface area contributed by atoms with Gasteiger partial charge in [0.05, 0.1) is 18.3 Å². The molecule has 5 nitrogen and oxygen atoms in total. The number of rotatable bonds is 8. The first kappa shape index (κ1) is 18.2. The van der Waals surface area contributed by atoms with Crippen molar-refractivity contribution in [3.8, 4) is 0 Å². The molecule has 3 atom stereocenters. The fourth-order valence-electron chi connectivity index (χ4n) is 2.61. The summed E-state index contributed by atoms with van der Waals surface area (Å²) in [6, 6.07) is 10.5. The molecule has 2 rings (SSSR count). The Balaban J connectivity index is 1.72. The van der Waals surface area contributed by atoms with E-state index in [9.17, 15) is 4.79 Å². The molecule has 0 unspecified atom stereocenters. The molecule has 1 amide bonds. The molecular formula is C19H28N4O. The second-order valence-electron chi connectivity index (χ2n) is 6.43. The molecule has 0 aliphatic carbocycles. The van der Waals surface area contributed by atoms with Gasteiger partial charge in [-0.15, -0.1) is 0 Å². The van der Waals surface area contributed by atoms with Gasteiger partial charge < -0.3 is 10.6 Å². The number of aromatic nitrogens is 2. The van der Waals surface area contributed by atoms with Crippen molar-refractivity contribution in [2.24, 2.45) is 0 Å². The average Bonchev–Trinajstić information content (AvgIpc) is 3.01. The van der Waals surface area contributed by atoms with Gasteiger partial charge in [-0.2, -0.15) is 5.10 Å². The highest BCUT2D eigenvalue weighted by atomic mass is 16.1. The van der Waals surface area contributed by atoms with Gasteiger partial charge in [-0.3, -0.25) is 9.48 Å². The van der Waals surface area contributed by atoms with Crippen molar-refractivity contribution >= 4 is 5.91 Å². The number of hydrogen-bond acceptors (Lipinski definition) is 3. The first-order valence-electron chi connectivity index (χ1n) is 8.56. The van der Waals surface area contributed by atoms with E-state index >= 15 is 0 Å². The third kappa shape index (κ3) is 5.20. The Bertz CT molecular complexity index is 638. The van der Waals surface area contributed by atoms with E-state index in [1.165, 1.54) is 0 Å². The number of hydrogen-bond donors (Lipinski definition) is 2. The highest BCUT2D eigenvalue weighted by Crippen LogP contribution is 2.12. The van der Waals surface area contributed by atoms with Crippen LogP contribution in [-0.4, -0.2) is 28.3 Å². The lowest BCUT2D eigenvalue weighted by molar-refractivity contribution is -0.121. The molecule has 5 heteroatoms. The summed E-state index contributed by atoms with van der Waals surface area (Å²) in [6.45, 7) is 8.94. The van der Waals surface area contributed by atoms with Crippen LogP contribution in [0.4, 0.5) is 0 Å². The summed E-state index contributed by atoms with van der Waals surface area (Å²) in [5.41, 5.74) is 2.28. The predicted octanol–water partition coefficient (Wildman–Crippen LogP) is 3.00. The third-order valence-electron chi connectivity index (χ3n) is 4.37. The first-order valence-corrected chi connectivity index (χ1v) is 8.56. The van der Waals surface area contributed by atoms with Gasteiger partial charge >= 0.3 is 0 Å². The Morgan fingerprint density at radius 3 is 2.54 bits per heavy atom. The smallest absolute Gasteiger partial charge is 0.221 e. The standard InChI is InChI=1S/C19H28N4O/c1-14-12-21-23(13-14)17(4)15(2)20-11-10-19(24)22-16(3)18-8-6-5-7-9-18/h5-9,12-13,15-17,20H,10-11H2,1-4H3,(H,22,24)/t15-,16+,17-/m1/s1. The molecule has 1 heterocycles. The molecule has 0 spiro atoms. The number of nitrogens with zero attached hydrogens (tertiary/aromatic N) is 2. The van der Waals surface area contributed by atoms with E-state index in [1.54, 1.807) is 0 Å². The van der Waals surface area contributed by atoms with E-state index < -0.39 is 0 Å². The van der Waals surface area contributed by atoms with Crippen LogP contribution >= 0.6 is 0 Å². The zero-order valence-corrected chi connectivity index (χ0v) is 15.0. The fourth-order valence-corrected chi connectivity index (χ4v) is 2.61. The summed E-state index contributed by atoms with van der Waals surface area (Å²) < 4.78 is 1.96. The highest BCUT2D eigenvalue weighted by Gasteiger charge is 2.15. The van der Waals surface area contributed by atoms with Gasteiger partial charge in [-0.25, -0.2) is 0 Å². The number of amides is 1. The van der Waals surface area contributed by atoms with Crippen molar-refractivity contribution in [1.82, 2.24) is 20.4 Å². The van der Waals surface area contributed by atoms with Crippen LogP contribution in [0.5, 0.6) is 0 Å². The summed E-state index contributed by atoms with van der Waals surface area (Å²) >= 11 is 0. The average molecular weight is 328 g/mol. The molecule has 0 aliphatic rings. The maximum absolute atomic E-state index is 12.1. The zero-order chi connectivity index (χ0) is 17.5. The number of nitrogens with one attached hydrogen (secondary N) is 2. The zero-order valence-electron chi connectivity index (χ0n) is 15.0. The van der Waals surface area contributed by atoms with E-state index in [2.05, 4.69) is 29.6 Å². The lowest BCUT2D eigenvalue weighted by Crippen LogP contribution is -2.37. The molecule has 0 bridgehead atoms. The lowest BCUT2D eigenvalue weighted by atomic mass is 10.1. The number of carbonyl (C=O) groups excluding carboxylic acids is 1. The van der Waals surface area contributed by atoms with E-state index in [-0.39, 0.29) is 24.0 Å². The molecule has 0 saturated heterocycles. The topological polar surface area (TPSA) is 59.0 Å². The van der Waals surface area contributed by atoms with E-state index in [0.717, 1.165) is 11.1 Å². The molecule has 1 aromatic heterocycles. The van der Waals surface area contributed by atoms with Crippen LogP contribution in [0.25, 0.3) is 0 Å². The van der Waals surface area contributed by atoms with Gasteiger partial charge in [-0.05, 0) is 38.8 Å². The number of benzene rings is 1. The predicted molar refractivity (Wildman–Crippen MR) is 96.8 cm³/mol. The molecule has 0 fully saturated rings. The largest absolute Gasteiger partial charge is 0.350 e. The summed E-state index contributed by atoms with van der Waals surface area (Å²) in [7, 11) is 0. The van der Waals surface area contributed by atoms with Gasteiger partial charge in [0.1, 0.15) is 0 Å². The first-order chi connectivity index (χ1) is 11.5. The molecule has 2 aromatic rings. The monoisotopic (exact) mass is 328 g/mol. The van der Waals surface area contributed by atoms with E-state index in [1.807, 2.05) is 61.3 Å². The van der Waals surface area contributed by atoms with E-state index in [0.29, 0.717) is 13.0 Å². The van der Waals surface area contributed by atoms with Gasteiger partial charge in [0.2, 0.25) is 5.91 Å². The van der Waals surface area contributed by atoms with Crippen LogP contribution in [0, 0.1) is 6.92 Å². The second kappa shape index (κ2) is 8.64. The SMILES string of the molecule is Cc1cnn([C@H](C)[C@@H](C)NCCC(=O)N[C@@H](C)c2ccccc2)c1. The summed E-state index contributed by atoms with van der Waals surface area (Å²) in [5.74, 6) is 0.0636. The third-order valence-corrected chi connectivity index (χ3v) is 4.37. The van der Waals surface area contributed by atoms with Crippen LogP contribution in [0.15, 0.2) is 42.7 Å². The van der Waals surface area contributed by atoms with Crippen molar-refractivity contribution in [1.29, 1.82) is 0 Å². The van der Waals surface area contributed by atoms with Gasteiger partial charge in [0.25, 0.3) is 0 Å². The molecule has 2 N–H and O–H groups in total. The molecular weight excluding hydrogens is 300 g/mol. The molecule has 130 valence electrons. The second-order valence-corrected chi connectivity index (χ2v) is 6.43. The maximum Gasteiger partial charge on any atom is 0.221 e. The molecule has 0 saturated carbocycles. The summed E-state index contributed by atoms with van der Waals surface area (Å²) in [4.78, 5) is 12.1. The maximum atomic E-state index is 12.1. The Hall–Kier alpha value is -2.14. The number of carbonyl (C=O) groups is 1. The Morgan fingerprint density at radius 1 is 1.21 bits per heavy atom. The van der Waals surface area contributed by atoms with Crippen molar-refractivity contribution in [3.05, 3.63) is 53.9 Å².